The highest BCUT2D eigenvalue weighted by molar-refractivity contribution is 6.37. The molecule has 12 heteroatoms. The number of ketones is 1. The molecule has 0 radical (unpaired) electrons. The van der Waals surface area contributed by atoms with Gasteiger partial charge in [-0.05, 0) is 60.2 Å². The van der Waals surface area contributed by atoms with Crippen LogP contribution in [0.5, 0.6) is 0 Å². The van der Waals surface area contributed by atoms with Crippen molar-refractivity contribution in [2.24, 2.45) is 33.8 Å². The van der Waals surface area contributed by atoms with Crippen LogP contribution in [0.1, 0.15) is 114 Å². The summed E-state index contributed by atoms with van der Waals surface area (Å²) in [6.07, 6.45) is 6.15. The molecule has 1 saturated heterocycles. The van der Waals surface area contributed by atoms with E-state index in [9.17, 15) is 28.8 Å². The Morgan fingerprint density at radius 2 is 1.33 bits per heavy atom. The number of carbonyl (C=O) groups excluding carboxylic acids is 6. The number of nitrogens with two attached hydrogens (primary N) is 1. The number of rotatable bonds is 11. The number of primary amides is 1. The summed E-state index contributed by atoms with van der Waals surface area (Å²) < 4.78 is 5.60. The number of esters is 1. The Balaban J connectivity index is 1.84. The summed E-state index contributed by atoms with van der Waals surface area (Å²) in [5, 5.41) is 8.34. The van der Waals surface area contributed by atoms with E-state index in [-0.39, 0.29) is 29.9 Å². The van der Waals surface area contributed by atoms with Crippen molar-refractivity contribution in [3.8, 4) is 0 Å². The summed E-state index contributed by atoms with van der Waals surface area (Å²) in [4.78, 5) is 81.0. The Hall–Kier alpha value is -3.18. The highest BCUT2D eigenvalue weighted by Crippen LogP contribution is 2.40. The van der Waals surface area contributed by atoms with Gasteiger partial charge in [-0.3, -0.25) is 19.2 Å². The van der Waals surface area contributed by atoms with Crippen LogP contribution >= 0.6 is 0 Å². The highest BCUT2D eigenvalue weighted by atomic mass is 16.5. The lowest BCUT2D eigenvalue weighted by Gasteiger charge is -2.39. The molecule has 0 bridgehead atoms. The first-order valence-electron chi connectivity index (χ1n) is 16.8. The van der Waals surface area contributed by atoms with Crippen LogP contribution in [0.3, 0.4) is 0 Å². The van der Waals surface area contributed by atoms with Crippen molar-refractivity contribution in [2.45, 2.75) is 144 Å². The Morgan fingerprint density at radius 1 is 0.783 bits per heavy atom. The van der Waals surface area contributed by atoms with E-state index in [4.69, 9.17) is 10.5 Å². The molecule has 0 aromatic carbocycles. The van der Waals surface area contributed by atoms with E-state index in [1.54, 1.807) is 0 Å². The second-order valence-corrected chi connectivity index (χ2v) is 16.8. The zero-order valence-corrected chi connectivity index (χ0v) is 29.3. The number of carbonyl (C=O) groups is 6. The van der Waals surface area contributed by atoms with Gasteiger partial charge in [0, 0.05) is 6.54 Å². The summed E-state index contributed by atoms with van der Waals surface area (Å²) in [5.74, 6) is -3.49. The molecule has 260 valence electrons. The van der Waals surface area contributed by atoms with Crippen molar-refractivity contribution in [1.29, 1.82) is 0 Å². The zero-order valence-electron chi connectivity index (χ0n) is 29.3. The van der Waals surface area contributed by atoms with E-state index in [2.05, 4.69) is 16.0 Å². The van der Waals surface area contributed by atoms with Crippen molar-refractivity contribution in [3.63, 3.8) is 0 Å². The smallest absolute Gasteiger partial charge is 0.329 e. The Kier molecular flexibility index (Phi) is 11.6. The van der Waals surface area contributed by atoms with Gasteiger partial charge in [-0.2, -0.15) is 0 Å². The van der Waals surface area contributed by atoms with Crippen molar-refractivity contribution >= 4 is 35.5 Å². The predicted molar refractivity (Wildman–Crippen MR) is 173 cm³/mol. The molecule has 12 nitrogen and oxygen atoms in total. The lowest BCUT2D eigenvalue weighted by atomic mass is 9.75. The molecule has 1 unspecified atom stereocenters. The quantitative estimate of drug-likeness (QED) is 0.197. The molecule has 2 aliphatic carbocycles. The van der Waals surface area contributed by atoms with Crippen LogP contribution in [-0.4, -0.2) is 77.2 Å². The van der Waals surface area contributed by atoms with Crippen LogP contribution in [0.15, 0.2) is 0 Å². The monoisotopic (exact) mass is 647 g/mol. The van der Waals surface area contributed by atoms with Crippen molar-refractivity contribution in [1.82, 2.24) is 20.9 Å². The third kappa shape index (κ3) is 9.21. The number of ether oxygens (including phenoxy) is 1. The van der Waals surface area contributed by atoms with Gasteiger partial charge in [0.25, 0.3) is 5.91 Å². The number of nitrogens with zero attached hydrogens (tertiary/aromatic N) is 1. The molecular weight excluding hydrogens is 590 g/mol. The van der Waals surface area contributed by atoms with Crippen LogP contribution in [0.25, 0.3) is 0 Å². The normalized spacial score (nSPS) is 22.8. The van der Waals surface area contributed by atoms with Gasteiger partial charge >= 0.3 is 12.0 Å². The summed E-state index contributed by atoms with van der Waals surface area (Å²) in [5.41, 5.74) is 3.54. The summed E-state index contributed by atoms with van der Waals surface area (Å²) in [7, 11) is 0. The van der Waals surface area contributed by atoms with Gasteiger partial charge in [-0.25, -0.2) is 9.59 Å². The maximum absolute atomic E-state index is 14.4. The molecule has 1 aliphatic heterocycles. The van der Waals surface area contributed by atoms with E-state index in [1.165, 1.54) is 4.90 Å². The number of urea groups is 1. The van der Waals surface area contributed by atoms with Crippen molar-refractivity contribution in [2.75, 3.05) is 6.54 Å². The van der Waals surface area contributed by atoms with Crippen LogP contribution in [0, 0.1) is 28.1 Å². The predicted octanol–water partition coefficient (Wildman–Crippen LogP) is 3.20. The summed E-state index contributed by atoms with van der Waals surface area (Å²) >= 11 is 0. The number of amides is 5. The third-order valence-electron chi connectivity index (χ3n) is 9.83. The molecular formula is C34H57N5O7. The summed E-state index contributed by atoms with van der Waals surface area (Å²) in [6, 6.07) is -4.70. The van der Waals surface area contributed by atoms with Crippen LogP contribution in [0.4, 0.5) is 4.79 Å². The van der Waals surface area contributed by atoms with Crippen LogP contribution in [-0.2, 0) is 28.7 Å². The SMILES string of the molecule is CC(C)(C)[C@H](NC(=O)N[C@H](C(=O)N1CC[C@H](C(C)(C)C)[C@H]1C(=O)NC(CC1CCC1)C(=O)C(N)=O)C(C)(C)C)C(=O)OC1CCC1. The fourth-order valence-electron chi connectivity index (χ4n) is 6.46. The zero-order chi connectivity index (χ0) is 34.8. The topological polar surface area (TPSA) is 177 Å². The van der Waals surface area contributed by atoms with Gasteiger partial charge in [0.15, 0.2) is 0 Å². The van der Waals surface area contributed by atoms with E-state index in [1.807, 2.05) is 62.3 Å². The standard InChI is InChI=1S/C34H57N5O7/c1-32(2,3)21-16-17-39(23(21)28(42)36-22(24(40)27(35)41)18-19-12-10-13-19)29(43)25(33(4,5)6)37-31(45)38-26(34(7,8)9)30(44)46-20-14-11-15-20/h19-23,25-26H,10-18H2,1-9H3,(H2,35,41)(H,36,42)(H2,37,38,45)/t21-,22?,23-,25+,26+/m0/s1. The molecule has 0 spiro atoms. The minimum atomic E-state index is -1.11. The van der Waals surface area contributed by atoms with E-state index in [0.717, 1.165) is 38.5 Å². The second kappa shape index (κ2) is 14.3. The molecule has 5 atom stereocenters. The Morgan fingerprint density at radius 3 is 1.76 bits per heavy atom. The Labute approximate surface area is 274 Å². The first kappa shape index (κ1) is 37.3. The van der Waals surface area contributed by atoms with Gasteiger partial charge in [0.1, 0.15) is 24.2 Å². The Bertz CT molecular complexity index is 1170. The largest absolute Gasteiger partial charge is 0.461 e. The maximum atomic E-state index is 14.4. The fraction of sp³-hybridized carbons (Fsp3) is 0.824. The molecule has 5 N–H and O–H groups in total. The molecule has 3 rings (SSSR count). The average Bonchev–Trinajstić information content (AvgIpc) is 3.33. The van der Waals surface area contributed by atoms with Crippen molar-refractivity contribution in [3.05, 3.63) is 0 Å². The average molecular weight is 648 g/mol. The molecule has 3 fully saturated rings. The first-order chi connectivity index (χ1) is 21.1. The lowest BCUT2D eigenvalue weighted by Crippen LogP contribution is -2.62. The number of Topliss-reactive ketones (excluding diaryl/α,β-unsaturated/α-hetero) is 1. The van der Waals surface area contributed by atoms with Gasteiger partial charge in [0.2, 0.25) is 17.6 Å². The molecule has 0 aromatic rings. The van der Waals surface area contributed by atoms with Gasteiger partial charge < -0.3 is 31.3 Å². The fourth-order valence-corrected chi connectivity index (χ4v) is 6.46. The molecule has 46 heavy (non-hydrogen) atoms. The molecule has 0 aromatic heterocycles. The number of hydrogen-bond donors (Lipinski definition) is 4. The maximum Gasteiger partial charge on any atom is 0.329 e. The van der Waals surface area contributed by atoms with Crippen molar-refractivity contribution < 1.29 is 33.5 Å². The highest BCUT2D eigenvalue weighted by Gasteiger charge is 2.50. The molecule has 3 aliphatic rings. The van der Waals surface area contributed by atoms with E-state index < -0.39 is 70.5 Å². The van der Waals surface area contributed by atoms with E-state index in [0.29, 0.717) is 12.8 Å². The third-order valence-corrected chi connectivity index (χ3v) is 9.83. The van der Waals surface area contributed by atoms with Crippen LogP contribution in [0.2, 0.25) is 0 Å². The van der Waals surface area contributed by atoms with E-state index >= 15 is 0 Å². The van der Waals surface area contributed by atoms with Gasteiger partial charge in [-0.15, -0.1) is 0 Å². The number of nitrogens with one attached hydrogen (secondary N) is 3. The minimum absolute atomic E-state index is 0.147. The summed E-state index contributed by atoms with van der Waals surface area (Å²) in [6.45, 7) is 17.2. The first-order valence-corrected chi connectivity index (χ1v) is 16.8. The van der Waals surface area contributed by atoms with Crippen LogP contribution < -0.4 is 21.7 Å². The minimum Gasteiger partial charge on any atom is -0.461 e. The lowest BCUT2D eigenvalue weighted by molar-refractivity contribution is -0.158. The number of likely N-dealkylation sites (tertiary alicyclic amines) is 1. The second-order valence-electron chi connectivity index (χ2n) is 16.8. The van der Waals surface area contributed by atoms with Gasteiger partial charge in [-0.1, -0.05) is 81.6 Å². The molecule has 5 amide bonds. The molecule has 2 saturated carbocycles. The van der Waals surface area contributed by atoms with Gasteiger partial charge in [0.05, 0.1) is 6.04 Å². The number of hydrogen-bond acceptors (Lipinski definition) is 7. The molecule has 1 heterocycles.